The fourth-order valence-corrected chi connectivity index (χ4v) is 2.44. The monoisotopic (exact) mass is 301 g/mol. The number of esters is 1. The molecule has 1 aromatic rings. The zero-order valence-corrected chi connectivity index (χ0v) is 11.9. The predicted octanol–water partition coefficient (Wildman–Crippen LogP) is 2.91. The van der Waals surface area contributed by atoms with Crippen LogP contribution in [0.25, 0.3) is 0 Å². The molecule has 1 aliphatic rings. The van der Waals surface area contributed by atoms with Crippen LogP contribution in [0.1, 0.15) is 13.3 Å². The minimum Gasteiger partial charge on any atom is -0.466 e. The van der Waals surface area contributed by atoms with Crippen LogP contribution in [-0.2, 0) is 14.3 Å². The topological polar surface area (TPSA) is 46.6 Å². The van der Waals surface area contributed by atoms with Gasteiger partial charge in [0.05, 0.1) is 23.2 Å². The Bertz CT molecular complexity index is 519. The summed E-state index contributed by atoms with van der Waals surface area (Å²) < 4.78 is 4.94. The summed E-state index contributed by atoms with van der Waals surface area (Å²) in [6.07, 6.45) is 0.141. The van der Waals surface area contributed by atoms with Crippen molar-refractivity contribution in [1.29, 1.82) is 0 Å². The highest BCUT2D eigenvalue weighted by Crippen LogP contribution is 2.33. The highest BCUT2D eigenvalue weighted by molar-refractivity contribution is 6.35. The van der Waals surface area contributed by atoms with E-state index in [4.69, 9.17) is 27.9 Å². The van der Waals surface area contributed by atoms with E-state index >= 15 is 0 Å². The number of benzene rings is 1. The standard InChI is InChI=1S/C13H13Cl2NO3/c1-2-19-13(18)8-5-12(17)16(7-8)11-6-9(14)3-4-10(11)15/h3-4,6,8H,2,5,7H2,1H3. The lowest BCUT2D eigenvalue weighted by atomic mass is 10.1. The Hall–Kier alpha value is -1.26. The highest BCUT2D eigenvalue weighted by Gasteiger charge is 2.36. The van der Waals surface area contributed by atoms with Crippen LogP contribution in [0.2, 0.25) is 10.0 Å². The number of ether oxygens (including phenoxy) is 1. The summed E-state index contributed by atoms with van der Waals surface area (Å²) in [4.78, 5) is 25.1. The molecule has 0 bridgehead atoms. The first-order valence-electron chi connectivity index (χ1n) is 5.95. The molecule has 0 spiro atoms. The lowest BCUT2D eigenvalue weighted by molar-refractivity contribution is -0.147. The van der Waals surface area contributed by atoms with Gasteiger partial charge in [0.25, 0.3) is 0 Å². The van der Waals surface area contributed by atoms with Crippen LogP contribution in [0.4, 0.5) is 5.69 Å². The third-order valence-electron chi connectivity index (χ3n) is 2.94. The molecule has 0 radical (unpaired) electrons. The number of amides is 1. The molecule has 1 saturated heterocycles. The van der Waals surface area contributed by atoms with Crippen molar-refractivity contribution in [2.75, 3.05) is 18.1 Å². The van der Waals surface area contributed by atoms with Crippen LogP contribution >= 0.6 is 23.2 Å². The first-order valence-corrected chi connectivity index (χ1v) is 6.70. The van der Waals surface area contributed by atoms with Gasteiger partial charge in [-0.2, -0.15) is 0 Å². The number of hydrogen-bond acceptors (Lipinski definition) is 3. The summed E-state index contributed by atoms with van der Waals surface area (Å²) in [5.74, 6) is -0.943. The Morgan fingerprint density at radius 1 is 1.47 bits per heavy atom. The van der Waals surface area contributed by atoms with E-state index in [-0.39, 0.29) is 24.8 Å². The van der Waals surface area contributed by atoms with Crippen LogP contribution in [0.5, 0.6) is 0 Å². The third-order valence-corrected chi connectivity index (χ3v) is 3.50. The molecule has 6 heteroatoms. The maximum absolute atomic E-state index is 12.0. The molecule has 0 aromatic heterocycles. The summed E-state index contributed by atoms with van der Waals surface area (Å²) in [6.45, 7) is 2.32. The van der Waals surface area contributed by atoms with Crippen LogP contribution in [0, 0.1) is 5.92 Å². The molecule has 2 rings (SSSR count). The normalized spacial score (nSPS) is 18.8. The summed E-state index contributed by atoms with van der Waals surface area (Å²) >= 11 is 12.0. The van der Waals surface area contributed by atoms with Gasteiger partial charge in [-0.1, -0.05) is 23.2 Å². The minimum absolute atomic E-state index is 0.141. The second-order valence-electron chi connectivity index (χ2n) is 4.25. The number of carbonyl (C=O) groups is 2. The number of halogens is 2. The molecule has 1 amide bonds. The Kier molecular flexibility index (Phi) is 4.32. The first-order chi connectivity index (χ1) is 9.02. The van der Waals surface area contributed by atoms with E-state index in [1.165, 1.54) is 4.90 Å². The number of hydrogen-bond donors (Lipinski definition) is 0. The molecule has 0 saturated carbocycles. The van der Waals surface area contributed by atoms with E-state index in [9.17, 15) is 9.59 Å². The first kappa shape index (κ1) is 14.2. The fourth-order valence-electron chi connectivity index (χ4n) is 2.05. The molecule has 0 aliphatic carbocycles. The van der Waals surface area contributed by atoms with Crippen molar-refractivity contribution in [2.24, 2.45) is 5.92 Å². The van der Waals surface area contributed by atoms with E-state index in [1.54, 1.807) is 25.1 Å². The average molecular weight is 302 g/mol. The summed E-state index contributed by atoms with van der Waals surface area (Å²) in [5.41, 5.74) is 0.533. The molecule has 1 heterocycles. The molecular weight excluding hydrogens is 289 g/mol. The summed E-state index contributed by atoms with van der Waals surface area (Å²) in [6, 6.07) is 4.90. The van der Waals surface area contributed by atoms with E-state index in [1.807, 2.05) is 0 Å². The molecule has 1 atom stereocenters. The fraction of sp³-hybridized carbons (Fsp3) is 0.385. The predicted molar refractivity (Wildman–Crippen MR) is 73.6 cm³/mol. The lowest BCUT2D eigenvalue weighted by Gasteiger charge is -2.18. The number of anilines is 1. The van der Waals surface area contributed by atoms with Crippen LogP contribution in [0.15, 0.2) is 18.2 Å². The van der Waals surface area contributed by atoms with Crippen molar-refractivity contribution in [3.63, 3.8) is 0 Å². The van der Waals surface area contributed by atoms with Crippen molar-refractivity contribution in [3.05, 3.63) is 28.2 Å². The largest absolute Gasteiger partial charge is 0.466 e. The van der Waals surface area contributed by atoms with Gasteiger partial charge in [0.2, 0.25) is 5.91 Å². The second kappa shape index (κ2) is 5.80. The van der Waals surface area contributed by atoms with Crippen molar-refractivity contribution in [3.8, 4) is 0 Å². The highest BCUT2D eigenvalue weighted by atomic mass is 35.5. The van der Waals surface area contributed by atoms with E-state index in [0.29, 0.717) is 22.3 Å². The van der Waals surface area contributed by atoms with Crippen LogP contribution in [0.3, 0.4) is 0 Å². The van der Waals surface area contributed by atoms with Gasteiger partial charge in [0.1, 0.15) is 0 Å². The average Bonchev–Trinajstić information content (AvgIpc) is 2.75. The van der Waals surface area contributed by atoms with Crippen LogP contribution < -0.4 is 4.90 Å². The Balaban J connectivity index is 2.20. The number of carbonyl (C=O) groups excluding carboxylic acids is 2. The lowest BCUT2D eigenvalue weighted by Crippen LogP contribution is -2.26. The maximum Gasteiger partial charge on any atom is 0.311 e. The molecule has 102 valence electrons. The molecule has 1 fully saturated rings. The quantitative estimate of drug-likeness (QED) is 0.807. The molecule has 19 heavy (non-hydrogen) atoms. The Labute approximate surface area is 121 Å². The van der Waals surface area contributed by atoms with Gasteiger partial charge in [-0.05, 0) is 25.1 Å². The van der Waals surface area contributed by atoms with Gasteiger partial charge in [-0.3, -0.25) is 9.59 Å². The third kappa shape index (κ3) is 3.01. The Morgan fingerprint density at radius 3 is 2.89 bits per heavy atom. The smallest absolute Gasteiger partial charge is 0.311 e. The van der Waals surface area contributed by atoms with Gasteiger partial charge in [-0.25, -0.2) is 0 Å². The van der Waals surface area contributed by atoms with E-state index < -0.39 is 5.92 Å². The van der Waals surface area contributed by atoms with E-state index in [2.05, 4.69) is 0 Å². The summed E-state index contributed by atoms with van der Waals surface area (Å²) in [7, 11) is 0. The summed E-state index contributed by atoms with van der Waals surface area (Å²) in [5, 5.41) is 0.925. The molecule has 1 unspecified atom stereocenters. The number of nitrogens with zero attached hydrogens (tertiary/aromatic N) is 1. The number of rotatable bonds is 3. The molecule has 1 aromatic carbocycles. The van der Waals surface area contributed by atoms with Crippen LogP contribution in [-0.4, -0.2) is 25.0 Å². The van der Waals surface area contributed by atoms with Gasteiger partial charge in [-0.15, -0.1) is 0 Å². The van der Waals surface area contributed by atoms with Crippen molar-refractivity contribution in [2.45, 2.75) is 13.3 Å². The maximum atomic E-state index is 12.0. The molecule has 1 aliphatic heterocycles. The Morgan fingerprint density at radius 2 is 2.21 bits per heavy atom. The van der Waals surface area contributed by atoms with Crippen molar-refractivity contribution < 1.29 is 14.3 Å². The SMILES string of the molecule is CCOC(=O)C1CC(=O)N(c2cc(Cl)ccc2Cl)C1. The minimum atomic E-state index is -0.442. The van der Waals surface area contributed by atoms with E-state index in [0.717, 1.165) is 0 Å². The van der Waals surface area contributed by atoms with Crippen molar-refractivity contribution in [1.82, 2.24) is 0 Å². The van der Waals surface area contributed by atoms with Crippen molar-refractivity contribution >= 4 is 40.8 Å². The zero-order chi connectivity index (χ0) is 14.0. The molecular formula is C13H13Cl2NO3. The molecule has 4 nitrogen and oxygen atoms in total. The second-order valence-corrected chi connectivity index (χ2v) is 5.10. The van der Waals surface area contributed by atoms with Gasteiger partial charge >= 0.3 is 5.97 Å². The van der Waals surface area contributed by atoms with Gasteiger partial charge in [0, 0.05) is 18.0 Å². The van der Waals surface area contributed by atoms with Gasteiger partial charge < -0.3 is 9.64 Å². The van der Waals surface area contributed by atoms with Gasteiger partial charge in [0.15, 0.2) is 0 Å². The molecule has 0 N–H and O–H groups in total. The zero-order valence-electron chi connectivity index (χ0n) is 10.4.